The Balaban J connectivity index is 4.42. The second-order valence-electron chi connectivity index (χ2n) is 17.0. The molecule has 56 heavy (non-hydrogen) atoms. The number of esters is 2. The molecule has 0 amide bonds. The Morgan fingerprint density at radius 3 is 1.34 bits per heavy atom. The van der Waals surface area contributed by atoms with Gasteiger partial charge in [-0.15, -0.1) is 0 Å². The number of phosphoric ester groups is 1. The van der Waals surface area contributed by atoms with E-state index in [2.05, 4.69) is 45.7 Å². The average Bonchev–Trinajstić information content (AvgIpc) is 3.14. The highest BCUT2D eigenvalue weighted by Crippen LogP contribution is 2.38. The zero-order valence-corrected chi connectivity index (χ0v) is 40.8. The molecule has 0 aliphatic heterocycles. The van der Waals surface area contributed by atoms with Gasteiger partial charge in [0.2, 0.25) is 0 Å². The fourth-order valence-electron chi connectivity index (χ4n) is 6.52. The standard InChI is InChI=1S/C44H86Br2NO8P/c1-6-8-10-12-14-15-16-17-18-19-20-21-22-26-30-34-43(48)52-38-40(39-54-56(50,51)53-37-36-47(3,4)5)55-44(49)35-31-27-23-25-29-33-42(46)41(45)32-28-24-13-11-9-7-2/h40-42H,6-39H2,1-5H3/t40-,41?,42?/m1/s1. The quantitative estimate of drug-likeness (QED) is 0.0196. The molecule has 12 heteroatoms. The molecule has 9 nitrogen and oxygen atoms in total. The summed E-state index contributed by atoms with van der Waals surface area (Å²) in [6.07, 6.45) is 33.2. The first-order chi connectivity index (χ1) is 26.8. The second-order valence-corrected chi connectivity index (χ2v) is 20.7. The van der Waals surface area contributed by atoms with Gasteiger partial charge in [0.1, 0.15) is 19.8 Å². The van der Waals surface area contributed by atoms with Crippen LogP contribution in [0.1, 0.15) is 206 Å². The number of halogens is 2. The van der Waals surface area contributed by atoms with Crippen molar-refractivity contribution in [1.82, 2.24) is 0 Å². The monoisotopic (exact) mass is 945 g/mol. The number of rotatable bonds is 42. The zero-order valence-electron chi connectivity index (χ0n) is 36.7. The molecule has 0 heterocycles. The van der Waals surface area contributed by atoms with Crippen LogP contribution in [-0.2, 0) is 32.7 Å². The van der Waals surface area contributed by atoms with Crippen LogP contribution in [0.4, 0.5) is 0 Å². The van der Waals surface area contributed by atoms with E-state index in [1.807, 2.05) is 21.1 Å². The number of carbonyl (C=O) groups is 2. The Morgan fingerprint density at radius 1 is 0.554 bits per heavy atom. The molecule has 0 radical (unpaired) electrons. The van der Waals surface area contributed by atoms with Crippen molar-refractivity contribution in [3.63, 3.8) is 0 Å². The van der Waals surface area contributed by atoms with E-state index in [4.69, 9.17) is 18.5 Å². The number of nitrogens with zero attached hydrogens (tertiary/aromatic N) is 1. The van der Waals surface area contributed by atoms with Gasteiger partial charge in [-0.2, -0.15) is 0 Å². The van der Waals surface area contributed by atoms with Crippen molar-refractivity contribution in [3.05, 3.63) is 0 Å². The molecule has 0 fully saturated rings. The first-order valence-electron chi connectivity index (χ1n) is 22.8. The van der Waals surface area contributed by atoms with E-state index in [-0.39, 0.29) is 32.0 Å². The maximum absolute atomic E-state index is 12.7. The van der Waals surface area contributed by atoms with E-state index in [1.54, 1.807) is 0 Å². The minimum Gasteiger partial charge on any atom is -0.756 e. The Labute approximate surface area is 361 Å². The van der Waals surface area contributed by atoms with Gasteiger partial charge in [-0.3, -0.25) is 14.2 Å². The van der Waals surface area contributed by atoms with Gasteiger partial charge in [0, 0.05) is 22.5 Å². The normalized spacial score (nSPS) is 14.6. The van der Waals surface area contributed by atoms with E-state index in [1.165, 1.54) is 122 Å². The van der Waals surface area contributed by atoms with E-state index >= 15 is 0 Å². The summed E-state index contributed by atoms with van der Waals surface area (Å²) in [5, 5.41) is 0. The molecule has 0 N–H and O–H groups in total. The highest BCUT2D eigenvalue weighted by Gasteiger charge is 2.22. The lowest BCUT2D eigenvalue weighted by molar-refractivity contribution is -0.870. The third kappa shape index (κ3) is 39.4. The summed E-state index contributed by atoms with van der Waals surface area (Å²) in [5.41, 5.74) is 0. The highest BCUT2D eigenvalue weighted by molar-refractivity contribution is 9.12. The molecule has 0 saturated carbocycles. The van der Waals surface area contributed by atoms with Crippen molar-refractivity contribution in [2.24, 2.45) is 0 Å². The maximum Gasteiger partial charge on any atom is 0.306 e. The number of hydrogen-bond donors (Lipinski definition) is 0. The molecule has 0 aromatic heterocycles. The minimum atomic E-state index is -4.63. The van der Waals surface area contributed by atoms with Gasteiger partial charge < -0.3 is 27.9 Å². The smallest absolute Gasteiger partial charge is 0.306 e. The van der Waals surface area contributed by atoms with Crippen LogP contribution in [0.15, 0.2) is 0 Å². The number of phosphoric acid groups is 1. The Morgan fingerprint density at radius 2 is 0.929 bits per heavy atom. The van der Waals surface area contributed by atoms with Gasteiger partial charge in [-0.05, 0) is 25.7 Å². The number of ether oxygens (including phenoxy) is 2. The molecule has 0 spiro atoms. The van der Waals surface area contributed by atoms with Crippen molar-refractivity contribution >= 4 is 51.6 Å². The molecule has 0 aromatic rings. The van der Waals surface area contributed by atoms with Crippen molar-refractivity contribution in [2.75, 3.05) is 47.5 Å². The zero-order chi connectivity index (χ0) is 41.8. The molecular formula is C44H86Br2NO8P. The Bertz CT molecular complexity index is 970. The molecular weight excluding hydrogens is 861 g/mol. The van der Waals surface area contributed by atoms with Crippen LogP contribution in [0.3, 0.4) is 0 Å². The third-order valence-electron chi connectivity index (χ3n) is 10.2. The molecule has 3 unspecified atom stereocenters. The summed E-state index contributed by atoms with van der Waals surface area (Å²) in [5.74, 6) is -0.842. The van der Waals surface area contributed by atoms with Crippen LogP contribution in [0.5, 0.6) is 0 Å². The summed E-state index contributed by atoms with van der Waals surface area (Å²) in [7, 11) is 1.16. The number of likely N-dealkylation sites (N-methyl/N-ethyl adjacent to an activating group) is 1. The fraction of sp³-hybridized carbons (Fsp3) is 0.955. The number of unbranched alkanes of at least 4 members (excludes halogenated alkanes) is 23. The van der Waals surface area contributed by atoms with E-state index in [0.717, 1.165) is 51.4 Å². The predicted octanol–water partition coefficient (Wildman–Crippen LogP) is 12.9. The number of hydrogen-bond acceptors (Lipinski definition) is 8. The Kier molecular flexibility index (Phi) is 37.9. The summed E-state index contributed by atoms with van der Waals surface area (Å²) in [4.78, 5) is 38.6. The van der Waals surface area contributed by atoms with E-state index in [0.29, 0.717) is 27.1 Å². The van der Waals surface area contributed by atoms with E-state index < -0.39 is 26.5 Å². The molecule has 0 aromatic carbocycles. The number of quaternary nitrogens is 1. The minimum absolute atomic E-state index is 0.0326. The van der Waals surface area contributed by atoms with Gasteiger partial charge in [0.15, 0.2) is 6.10 Å². The van der Waals surface area contributed by atoms with Gasteiger partial charge in [0.05, 0.1) is 27.7 Å². The van der Waals surface area contributed by atoms with Gasteiger partial charge in [0.25, 0.3) is 7.82 Å². The lowest BCUT2D eigenvalue weighted by Crippen LogP contribution is -2.37. The lowest BCUT2D eigenvalue weighted by Gasteiger charge is -2.28. The van der Waals surface area contributed by atoms with Crippen LogP contribution >= 0.6 is 39.7 Å². The maximum atomic E-state index is 12.7. The summed E-state index contributed by atoms with van der Waals surface area (Å²) in [6, 6.07) is 0. The Hall–Kier alpha value is -0.0300. The molecule has 0 rings (SSSR count). The first kappa shape index (κ1) is 56.0. The van der Waals surface area contributed by atoms with Gasteiger partial charge >= 0.3 is 11.9 Å². The third-order valence-corrected chi connectivity index (χ3v) is 14.1. The van der Waals surface area contributed by atoms with Crippen LogP contribution in [0, 0.1) is 0 Å². The topological polar surface area (TPSA) is 111 Å². The molecule has 0 aliphatic carbocycles. The SMILES string of the molecule is CCCCCCCCCCCCCCCCCC(=O)OC[C@H](COP(=O)([O-])OCC[N+](C)(C)C)OC(=O)CCCCCCCC(Br)C(Br)CCCCCCCC. The molecule has 0 saturated heterocycles. The fourth-order valence-corrected chi connectivity index (χ4v) is 8.42. The summed E-state index contributed by atoms with van der Waals surface area (Å²) in [6.45, 7) is 4.22. The first-order valence-corrected chi connectivity index (χ1v) is 26.1. The average molecular weight is 948 g/mol. The highest BCUT2D eigenvalue weighted by atomic mass is 79.9. The lowest BCUT2D eigenvalue weighted by atomic mass is 10.0. The summed E-state index contributed by atoms with van der Waals surface area (Å²) >= 11 is 7.75. The van der Waals surface area contributed by atoms with Crippen LogP contribution in [-0.4, -0.2) is 79.7 Å². The van der Waals surface area contributed by atoms with Gasteiger partial charge in [-0.1, -0.05) is 200 Å². The van der Waals surface area contributed by atoms with E-state index in [9.17, 15) is 19.0 Å². The predicted molar refractivity (Wildman–Crippen MR) is 239 cm³/mol. The molecule has 334 valence electrons. The van der Waals surface area contributed by atoms with Crippen molar-refractivity contribution < 1.29 is 42.1 Å². The molecule has 0 aliphatic rings. The van der Waals surface area contributed by atoms with Crippen molar-refractivity contribution in [3.8, 4) is 0 Å². The number of alkyl halides is 2. The second kappa shape index (κ2) is 37.9. The van der Waals surface area contributed by atoms with Crippen molar-refractivity contribution in [2.45, 2.75) is 222 Å². The van der Waals surface area contributed by atoms with Crippen LogP contribution in [0.2, 0.25) is 0 Å². The number of carbonyl (C=O) groups excluding carboxylic acids is 2. The van der Waals surface area contributed by atoms with Gasteiger partial charge in [-0.25, -0.2) is 0 Å². The van der Waals surface area contributed by atoms with Crippen LogP contribution < -0.4 is 4.89 Å². The summed E-state index contributed by atoms with van der Waals surface area (Å²) < 4.78 is 34.0. The van der Waals surface area contributed by atoms with Crippen LogP contribution in [0.25, 0.3) is 0 Å². The molecule has 0 bridgehead atoms. The van der Waals surface area contributed by atoms with Crippen molar-refractivity contribution in [1.29, 1.82) is 0 Å². The molecule has 4 atom stereocenters. The largest absolute Gasteiger partial charge is 0.756 e.